The van der Waals surface area contributed by atoms with Crippen molar-refractivity contribution in [3.05, 3.63) is 18.7 Å². The number of carboxylic acids is 1. The van der Waals surface area contributed by atoms with Crippen LogP contribution in [0.2, 0.25) is 0 Å². The summed E-state index contributed by atoms with van der Waals surface area (Å²) in [4.78, 5) is 36.8. The van der Waals surface area contributed by atoms with Crippen LogP contribution in [0.4, 0.5) is 4.79 Å². The molecule has 0 aliphatic rings. The molecule has 0 radical (unpaired) electrons. The molecule has 110 valence electrons. The third-order valence-electron chi connectivity index (χ3n) is 2.49. The van der Waals surface area contributed by atoms with Gasteiger partial charge >= 0.3 is 12.0 Å². The number of aliphatic carboxylic acids is 1. The summed E-state index contributed by atoms with van der Waals surface area (Å²) in [5, 5.41) is 13.1. The van der Waals surface area contributed by atoms with Crippen LogP contribution >= 0.6 is 0 Å². The lowest BCUT2D eigenvalue weighted by molar-refractivity contribution is -0.137. The number of aryl methyl sites for hydroxylation is 1. The van der Waals surface area contributed by atoms with Crippen LogP contribution in [0, 0.1) is 0 Å². The fourth-order valence-electron chi connectivity index (χ4n) is 1.52. The highest BCUT2D eigenvalue weighted by molar-refractivity contribution is 5.94. The lowest BCUT2D eigenvalue weighted by Gasteiger charge is -2.06. The number of amides is 3. The minimum absolute atomic E-state index is 0.0226. The number of hydrogen-bond donors (Lipinski definition) is 3. The van der Waals surface area contributed by atoms with Crippen LogP contribution in [-0.2, 0) is 16.1 Å². The molecule has 0 aliphatic carbocycles. The van der Waals surface area contributed by atoms with E-state index in [1.54, 1.807) is 12.5 Å². The van der Waals surface area contributed by atoms with E-state index >= 15 is 0 Å². The number of nitrogens with zero attached hydrogens (tertiary/aromatic N) is 2. The Morgan fingerprint density at radius 1 is 1.20 bits per heavy atom. The number of urea groups is 1. The van der Waals surface area contributed by atoms with Crippen LogP contribution in [0.3, 0.4) is 0 Å². The highest BCUT2D eigenvalue weighted by Crippen LogP contribution is 1.94. The average molecular weight is 282 g/mol. The van der Waals surface area contributed by atoms with Gasteiger partial charge < -0.3 is 15.0 Å². The van der Waals surface area contributed by atoms with Crippen molar-refractivity contribution in [1.29, 1.82) is 0 Å². The van der Waals surface area contributed by atoms with Crippen molar-refractivity contribution in [1.82, 2.24) is 20.2 Å². The number of rotatable bonds is 8. The van der Waals surface area contributed by atoms with E-state index in [-0.39, 0.29) is 19.3 Å². The van der Waals surface area contributed by atoms with E-state index < -0.39 is 17.9 Å². The van der Waals surface area contributed by atoms with E-state index in [4.69, 9.17) is 5.11 Å². The Kier molecular flexibility index (Phi) is 6.80. The Morgan fingerprint density at radius 3 is 2.65 bits per heavy atom. The predicted octanol–water partition coefficient (Wildman–Crippen LogP) is 0.354. The predicted molar refractivity (Wildman–Crippen MR) is 69.9 cm³/mol. The monoisotopic (exact) mass is 282 g/mol. The van der Waals surface area contributed by atoms with Gasteiger partial charge in [-0.1, -0.05) is 0 Å². The summed E-state index contributed by atoms with van der Waals surface area (Å²) in [7, 11) is 0. The fourth-order valence-corrected chi connectivity index (χ4v) is 1.52. The molecule has 0 fully saturated rings. The first-order valence-corrected chi connectivity index (χ1v) is 6.33. The SMILES string of the molecule is O=C(O)CCCC(=O)NC(=O)NCCCn1ccnc1. The van der Waals surface area contributed by atoms with Gasteiger partial charge in [0, 0.05) is 38.3 Å². The van der Waals surface area contributed by atoms with E-state index in [0.717, 1.165) is 13.0 Å². The fraction of sp³-hybridized carbons (Fsp3) is 0.500. The molecule has 0 aromatic carbocycles. The molecule has 20 heavy (non-hydrogen) atoms. The number of nitrogens with one attached hydrogen (secondary N) is 2. The van der Waals surface area contributed by atoms with Crippen molar-refractivity contribution in [3.63, 3.8) is 0 Å². The Bertz CT molecular complexity index is 444. The van der Waals surface area contributed by atoms with Crippen molar-refractivity contribution in [2.75, 3.05) is 6.54 Å². The summed E-state index contributed by atoms with van der Waals surface area (Å²) in [6.45, 7) is 1.17. The summed E-state index contributed by atoms with van der Waals surface area (Å²) in [5.41, 5.74) is 0. The van der Waals surface area contributed by atoms with Crippen LogP contribution in [-0.4, -0.2) is 39.1 Å². The van der Waals surface area contributed by atoms with Crippen LogP contribution < -0.4 is 10.6 Å². The molecule has 0 atom stereocenters. The van der Waals surface area contributed by atoms with Crippen LogP contribution in [0.25, 0.3) is 0 Å². The quantitative estimate of drug-likeness (QED) is 0.595. The molecule has 0 unspecified atom stereocenters. The second-order valence-electron chi connectivity index (χ2n) is 4.21. The van der Waals surface area contributed by atoms with E-state index in [0.29, 0.717) is 6.54 Å². The molecule has 3 amide bonds. The molecule has 1 heterocycles. The molecular weight excluding hydrogens is 264 g/mol. The molecule has 0 bridgehead atoms. The van der Waals surface area contributed by atoms with Gasteiger partial charge in [-0.3, -0.25) is 14.9 Å². The maximum absolute atomic E-state index is 11.3. The maximum Gasteiger partial charge on any atom is 0.321 e. The highest BCUT2D eigenvalue weighted by atomic mass is 16.4. The average Bonchev–Trinajstić information content (AvgIpc) is 2.87. The van der Waals surface area contributed by atoms with Gasteiger partial charge in [0.15, 0.2) is 0 Å². The second kappa shape index (κ2) is 8.68. The molecule has 3 N–H and O–H groups in total. The highest BCUT2D eigenvalue weighted by Gasteiger charge is 2.07. The Labute approximate surface area is 116 Å². The normalized spacial score (nSPS) is 10.0. The van der Waals surface area contributed by atoms with Crippen molar-refractivity contribution < 1.29 is 19.5 Å². The number of carbonyl (C=O) groups excluding carboxylic acids is 2. The first kappa shape index (κ1) is 15.7. The van der Waals surface area contributed by atoms with Crippen molar-refractivity contribution in [2.45, 2.75) is 32.2 Å². The van der Waals surface area contributed by atoms with Crippen molar-refractivity contribution >= 4 is 17.9 Å². The number of imidazole rings is 1. The number of imide groups is 1. The zero-order valence-corrected chi connectivity index (χ0v) is 11.0. The maximum atomic E-state index is 11.3. The third kappa shape index (κ3) is 7.14. The zero-order valence-electron chi connectivity index (χ0n) is 11.0. The largest absolute Gasteiger partial charge is 0.481 e. The van der Waals surface area contributed by atoms with E-state index in [1.807, 2.05) is 10.8 Å². The van der Waals surface area contributed by atoms with Gasteiger partial charge in [-0.2, -0.15) is 0 Å². The summed E-state index contributed by atoms with van der Waals surface area (Å²) in [6.07, 6.45) is 6.06. The third-order valence-corrected chi connectivity index (χ3v) is 2.49. The van der Waals surface area contributed by atoms with E-state index in [1.165, 1.54) is 0 Å². The number of hydrogen-bond acceptors (Lipinski definition) is 4. The minimum Gasteiger partial charge on any atom is -0.481 e. The first-order valence-electron chi connectivity index (χ1n) is 6.33. The van der Waals surface area contributed by atoms with Gasteiger partial charge in [0.1, 0.15) is 0 Å². The van der Waals surface area contributed by atoms with Gasteiger partial charge in [0.2, 0.25) is 5.91 Å². The lowest BCUT2D eigenvalue weighted by atomic mass is 10.2. The van der Waals surface area contributed by atoms with Gasteiger partial charge in [0.25, 0.3) is 0 Å². The van der Waals surface area contributed by atoms with E-state index in [2.05, 4.69) is 15.6 Å². The minimum atomic E-state index is -0.957. The molecule has 0 saturated carbocycles. The molecule has 1 aromatic rings. The molecule has 0 aliphatic heterocycles. The first-order chi connectivity index (χ1) is 9.58. The molecule has 1 aromatic heterocycles. The molecule has 1 rings (SSSR count). The molecule has 0 spiro atoms. The topological polar surface area (TPSA) is 113 Å². The zero-order chi connectivity index (χ0) is 14.8. The smallest absolute Gasteiger partial charge is 0.321 e. The summed E-state index contributed by atoms with van der Waals surface area (Å²) in [6, 6.07) is -0.559. The van der Waals surface area contributed by atoms with Gasteiger partial charge in [0.05, 0.1) is 6.33 Å². The lowest BCUT2D eigenvalue weighted by Crippen LogP contribution is -2.39. The molecule has 0 saturated heterocycles. The number of carbonyl (C=O) groups is 3. The standard InChI is InChI=1S/C12H18N4O4/c17-10(3-1-4-11(18)19)15-12(20)14-5-2-7-16-8-6-13-9-16/h6,8-9H,1-5,7H2,(H,18,19)(H2,14,15,17,20). The van der Waals surface area contributed by atoms with Gasteiger partial charge in [-0.25, -0.2) is 9.78 Å². The number of carboxylic acid groups (broad SMARTS) is 1. The van der Waals surface area contributed by atoms with E-state index in [9.17, 15) is 14.4 Å². The molecule has 8 heteroatoms. The summed E-state index contributed by atoms with van der Waals surface area (Å²) < 4.78 is 1.89. The van der Waals surface area contributed by atoms with Crippen LogP contribution in [0.5, 0.6) is 0 Å². The Hall–Kier alpha value is -2.38. The van der Waals surface area contributed by atoms with Gasteiger partial charge in [-0.15, -0.1) is 0 Å². The summed E-state index contributed by atoms with van der Waals surface area (Å²) in [5.74, 6) is -1.43. The molecule has 8 nitrogen and oxygen atoms in total. The Balaban J connectivity index is 2.04. The van der Waals surface area contributed by atoms with Crippen LogP contribution in [0.15, 0.2) is 18.7 Å². The van der Waals surface area contributed by atoms with Crippen molar-refractivity contribution in [2.24, 2.45) is 0 Å². The summed E-state index contributed by atoms with van der Waals surface area (Å²) >= 11 is 0. The Morgan fingerprint density at radius 2 is 2.00 bits per heavy atom. The van der Waals surface area contributed by atoms with Crippen LogP contribution in [0.1, 0.15) is 25.7 Å². The molecular formula is C12H18N4O4. The second-order valence-corrected chi connectivity index (χ2v) is 4.21. The van der Waals surface area contributed by atoms with Gasteiger partial charge in [-0.05, 0) is 12.8 Å². The van der Waals surface area contributed by atoms with Crippen molar-refractivity contribution in [3.8, 4) is 0 Å². The number of aromatic nitrogens is 2.